The highest BCUT2D eigenvalue weighted by atomic mass is 32.1. The number of nitrogens with one attached hydrogen (secondary N) is 1. The molecule has 0 aliphatic heterocycles. The predicted molar refractivity (Wildman–Crippen MR) is 80.2 cm³/mol. The van der Waals surface area contributed by atoms with Crippen molar-refractivity contribution in [2.24, 2.45) is 5.73 Å². The molecule has 0 saturated carbocycles. The molecule has 19 heavy (non-hydrogen) atoms. The number of aromatic nitrogens is 1. The Morgan fingerprint density at radius 3 is 2.74 bits per heavy atom. The first kappa shape index (κ1) is 16.1. The molecule has 0 aliphatic carbocycles. The Hall–Kier alpha value is -0.940. The molecule has 4 nitrogen and oxygen atoms in total. The third-order valence-electron chi connectivity index (χ3n) is 3.04. The highest BCUT2D eigenvalue weighted by Crippen LogP contribution is 2.21. The van der Waals surface area contributed by atoms with Crippen molar-refractivity contribution in [3.05, 3.63) is 16.1 Å². The topological polar surface area (TPSA) is 68.0 Å². The summed E-state index contributed by atoms with van der Waals surface area (Å²) >= 11 is 1.62. The van der Waals surface area contributed by atoms with Crippen LogP contribution in [0.3, 0.4) is 0 Å². The summed E-state index contributed by atoms with van der Waals surface area (Å²) in [5.41, 5.74) is 6.46. The molecule has 1 unspecified atom stereocenters. The highest BCUT2D eigenvalue weighted by molar-refractivity contribution is 7.09. The van der Waals surface area contributed by atoms with E-state index in [0.29, 0.717) is 6.42 Å². The molecule has 0 saturated heterocycles. The maximum atomic E-state index is 11.9. The van der Waals surface area contributed by atoms with Gasteiger partial charge in [0.25, 0.3) is 0 Å². The average molecular weight is 283 g/mol. The summed E-state index contributed by atoms with van der Waals surface area (Å²) in [6, 6.07) is 0.0650. The Balaban J connectivity index is 2.29. The van der Waals surface area contributed by atoms with Crippen LogP contribution in [0.15, 0.2) is 5.38 Å². The van der Waals surface area contributed by atoms with E-state index in [0.717, 1.165) is 49.4 Å². The number of thiazole rings is 1. The largest absolute Gasteiger partial charge is 0.347 e. The molecule has 1 atom stereocenters. The molecule has 5 heteroatoms. The number of unbranched alkanes of at least 4 members (excludes halogenated alkanes) is 3. The Kier molecular flexibility index (Phi) is 7.67. The van der Waals surface area contributed by atoms with E-state index in [4.69, 9.17) is 5.73 Å². The smallest absolute Gasteiger partial charge is 0.220 e. The quantitative estimate of drug-likeness (QED) is 0.685. The lowest BCUT2D eigenvalue weighted by Gasteiger charge is -2.14. The van der Waals surface area contributed by atoms with Gasteiger partial charge in [0.15, 0.2) is 0 Å². The molecule has 1 heterocycles. The monoisotopic (exact) mass is 283 g/mol. The van der Waals surface area contributed by atoms with Crippen LogP contribution < -0.4 is 11.1 Å². The lowest BCUT2D eigenvalue weighted by Crippen LogP contribution is -2.27. The van der Waals surface area contributed by atoms with Gasteiger partial charge >= 0.3 is 0 Å². The minimum Gasteiger partial charge on any atom is -0.347 e. The SMILES string of the molecule is CCC(NC(=O)CCCCCCN)c1nc(C)cs1. The molecular weight excluding hydrogens is 258 g/mol. The second-order valence-corrected chi connectivity index (χ2v) is 5.70. The molecule has 0 aromatic carbocycles. The van der Waals surface area contributed by atoms with Gasteiger partial charge in [-0.1, -0.05) is 19.8 Å². The lowest BCUT2D eigenvalue weighted by atomic mass is 10.1. The van der Waals surface area contributed by atoms with Crippen LogP contribution in [0.2, 0.25) is 0 Å². The number of hydrogen-bond acceptors (Lipinski definition) is 4. The van der Waals surface area contributed by atoms with Gasteiger partial charge in [-0.3, -0.25) is 4.79 Å². The van der Waals surface area contributed by atoms with E-state index in [-0.39, 0.29) is 11.9 Å². The van der Waals surface area contributed by atoms with Gasteiger partial charge in [-0.05, 0) is 32.7 Å². The normalized spacial score (nSPS) is 12.4. The first-order valence-corrected chi connectivity index (χ1v) is 7.96. The number of aryl methyl sites for hydroxylation is 1. The molecule has 0 aliphatic rings. The van der Waals surface area contributed by atoms with Crippen LogP contribution in [-0.4, -0.2) is 17.4 Å². The third kappa shape index (κ3) is 6.16. The van der Waals surface area contributed by atoms with Gasteiger partial charge in [-0.15, -0.1) is 11.3 Å². The summed E-state index contributed by atoms with van der Waals surface area (Å²) in [7, 11) is 0. The van der Waals surface area contributed by atoms with Crippen molar-refractivity contribution >= 4 is 17.2 Å². The van der Waals surface area contributed by atoms with Crippen molar-refractivity contribution in [2.45, 2.75) is 58.4 Å². The molecule has 1 amide bonds. The summed E-state index contributed by atoms with van der Waals surface area (Å²) in [6.07, 6.45) is 5.68. The van der Waals surface area contributed by atoms with Crippen LogP contribution in [-0.2, 0) is 4.79 Å². The van der Waals surface area contributed by atoms with Crippen LogP contribution in [0.25, 0.3) is 0 Å². The van der Waals surface area contributed by atoms with E-state index in [1.54, 1.807) is 11.3 Å². The second-order valence-electron chi connectivity index (χ2n) is 4.81. The first-order chi connectivity index (χ1) is 9.17. The summed E-state index contributed by atoms with van der Waals surface area (Å²) in [5.74, 6) is 0.132. The maximum Gasteiger partial charge on any atom is 0.220 e. The van der Waals surface area contributed by atoms with Gasteiger partial charge in [0.2, 0.25) is 5.91 Å². The molecular formula is C14H25N3OS. The summed E-state index contributed by atoms with van der Waals surface area (Å²) < 4.78 is 0. The van der Waals surface area contributed by atoms with Crippen molar-refractivity contribution < 1.29 is 4.79 Å². The number of carbonyl (C=O) groups is 1. The summed E-state index contributed by atoms with van der Waals surface area (Å²) in [5, 5.41) is 6.11. The molecule has 3 N–H and O–H groups in total. The van der Waals surface area contributed by atoms with Crippen molar-refractivity contribution in [1.82, 2.24) is 10.3 Å². The predicted octanol–water partition coefficient (Wildman–Crippen LogP) is 2.93. The van der Waals surface area contributed by atoms with Crippen LogP contribution in [0, 0.1) is 6.92 Å². The van der Waals surface area contributed by atoms with Gasteiger partial charge in [0.1, 0.15) is 5.01 Å². The lowest BCUT2D eigenvalue weighted by molar-refractivity contribution is -0.122. The third-order valence-corrected chi connectivity index (χ3v) is 4.11. The molecule has 1 aromatic rings. The number of nitrogens with zero attached hydrogens (tertiary/aromatic N) is 1. The first-order valence-electron chi connectivity index (χ1n) is 7.08. The molecule has 1 rings (SSSR count). The molecule has 0 spiro atoms. The van der Waals surface area contributed by atoms with Crippen molar-refractivity contribution in [1.29, 1.82) is 0 Å². The van der Waals surface area contributed by atoms with Crippen LogP contribution in [0.1, 0.15) is 62.2 Å². The Morgan fingerprint density at radius 1 is 1.42 bits per heavy atom. The Morgan fingerprint density at radius 2 is 2.16 bits per heavy atom. The van der Waals surface area contributed by atoms with Gasteiger partial charge in [-0.25, -0.2) is 4.98 Å². The number of hydrogen-bond donors (Lipinski definition) is 2. The van der Waals surface area contributed by atoms with E-state index in [1.807, 2.05) is 12.3 Å². The van der Waals surface area contributed by atoms with E-state index in [2.05, 4.69) is 17.2 Å². The minimum atomic E-state index is 0.0650. The van der Waals surface area contributed by atoms with Crippen LogP contribution in [0.5, 0.6) is 0 Å². The standard InChI is InChI=1S/C14H25N3OS/c1-3-12(14-16-11(2)10-19-14)17-13(18)8-6-4-5-7-9-15/h10,12H,3-9,15H2,1-2H3,(H,17,18). The van der Waals surface area contributed by atoms with Crippen molar-refractivity contribution in [3.8, 4) is 0 Å². The van der Waals surface area contributed by atoms with E-state index in [9.17, 15) is 4.79 Å². The van der Waals surface area contributed by atoms with Gasteiger partial charge < -0.3 is 11.1 Å². The number of nitrogens with two attached hydrogens (primary N) is 1. The summed E-state index contributed by atoms with van der Waals surface area (Å²) in [4.78, 5) is 16.3. The van der Waals surface area contributed by atoms with Crippen LogP contribution >= 0.6 is 11.3 Å². The molecule has 0 bridgehead atoms. The number of amides is 1. The number of rotatable bonds is 9. The van der Waals surface area contributed by atoms with Crippen LogP contribution in [0.4, 0.5) is 0 Å². The zero-order chi connectivity index (χ0) is 14.1. The second kappa shape index (κ2) is 9.04. The molecule has 1 aromatic heterocycles. The fraction of sp³-hybridized carbons (Fsp3) is 0.714. The Labute approximate surface area is 119 Å². The fourth-order valence-electron chi connectivity index (χ4n) is 1.92. The van der Waals surface area contributed by atoms with E-state index < -0.39 is 0 Å². The fourth-order valence-corrected chi connectivity index (χ4v) is 2.85. The van der Waals surface area contributed by atoms with E-state index in [1.165, 1.54) is 0 Å². The van der Waals surface area contributed by atoms with E-state index >= 15 is 0 Å². The number of carbonyl (C=O) groups excluding carboxylic acids is 1. The maximum absolute atomic E-state index is 11.9. The minimum absolute atomic E-state index is 0.0650. The Bertz CT molecular complexity index is 379. The van der Waals surface area contributed by atoms with Crippen molar-refractivity contribution in [3.63, 3.8) is 0 Å². The summed E-state index contributed by atoms with van der Waals surface area (Å²) in [6.45, 7) is 4.79. The molecule has 108 valence electrons. The molecule has 0 radical (unpaired) electrons. The van der Waals surface area contributed by atoms with Crippen molar-refractivity contribution in [2.75, 3.05) is 6.54 Å². The van der Waals surface area contributed by atoms with Gasteiger partial charge in [0, 0.05) is 17.5 Å². The molecule has 0 fully saturated rings. The van der Waals surface area contributed by atoms with Gasteiger partial charge in [-0.2, -0.15) is 0 Å². The van der Waals surface area contributed by atoms with Gasteiger partial charge in [0.05, 0.1) is 6.04 Å². The zero-order valence-corrected chi connectivity index (χ0v) is 12.8. The zero-order valence-electron chi connectivity index (χ0n) is 11.9. The average Bonchev–Trinajstić information content (AvgIpc) is 2.82. The highest BCUT2D eigenvalue weighted by Gasteiger charge is 2.15.